The molecule has 19 heavy (non-hydrogen) atoms. The molecule has 1 N–H and O–H groups in total. The molecule has 0 fully saturated rings. The molecule has 5 heteroatoms. The van der Waals surface area contributed by atoms with Gasteiger partial charge in [0.15, 0.2) is 0 Å². The summed E-state index contributed by atoms with van der Waals surface area (Å²) in [6.07, 6.45) is 4.72. The number of nitrogens with zero attached hydrogens (tertiary/aromatic N) is 3. The molecule has 0 aliphatic heterocycles. The Hall–Kier alpha value is -1.99. The number of imidazole rings is 1. The number of nitrogens with one attached hydrogen (secondary N) is 1. The van der Waals surface area contributed by atoms with E-state index in [2.05, 4.69) is 27.9 Å². The molecule has 2 rings (SSSR count). The standard InChI is InChI=1S/C14H15ClN4/c1-2-5-19-10-17-8-13(19)9-18-14-6-12(15)4-3-11(14)7-16/h3-4,6,8,10,18H,2,5,9H2,1H3. The Morgan fingerprint density at radius 1 is 1.47 bits per heavy atom. The molecule has 4 nitrogen and oxygen atoms in total. The number of anilines is 1. The van der Waals surface area contributed by atoms with Crippen LogP contribution in [-0.4, -0.2) is 9.55 Å². The van der Waals surface area contributed by atoms with Crippen LogP contribution in [0.2, 0.25) is 5.02 Å². The maximum atomic E-state index is 9.05. The molecule has 0 saturated heterocycles. The Bertz CT molecular complexity index is 598. The lowest BCUT2D eigenvalue weighted by Gasteiger charge is -2.10. The van der Waals surface area contributed by atoms with Crippen molar-refractivity contribution in [2.24, 2.45) is 0 Å². The highest BCUT2D eigenvalue weighted by molar-refractivity contribution is 6.30. The molecule has 0 radical (unpaired) electrons. The predicted molar refractivity (Wildman–Crippen MR) is 76.0 cm³/mol. The largest absolute Gasteiger partial charge is 0.378 e. The fourth-order valence-corrected chi connectivity index (χ4v) is 2.06. The van der Waals surface area contributed by atoms with E-state index in [0.717, 1.165) is 24.3 Å². The highest BCUT2D eigenvalue weighted by atomic mass is 35.5. The van der Waals surface area contributed by atoms with Crippen LogP contribution in [0.15, 0.2) is 30.7 Å². The quantitative estimate of drug-likeness (QED) is 0.909. The van der Waals surface area contributed by atoms with Crippen LogP contribution in [-0.2, 0) is 13.1 Å². The van der Waals surface area contributed by atoms with Crippen molar-refractivity contribution in [3.63, 3.8) is 0 Å². The summed E-state index contributed by atoms with van der Waals surface area (Å²) in [5, 5.41) is 12.9. The number of hydrogen-bond donors (Lipinski definition) is 1. The Morgan fingerprint density at radius 2 is 2.32 bits per heavy atom. The molecular weight excluding hydrogens is 260 g/mol. The second kappa shape index (κ2) is 6.26. The normalized spacial score (nSPS) is 10.2. The van der Waals surface area contributed by atoms with Crippen molar-refractivity contribution in [3.8, 4) is 6.07 Å². The van der Waals surface area contributed by atoms with Gasteiger partial charge in [-0.3, -0.25) is 0 Å². The summed E-state index contributed by atoms with van der Waals surface area (Å²) in [5.74, 6) is 0. The minimum absolute atomic E-state index is 0.589. The zero-order valence-corrected chi connectivity index (χ0v) is 11.5. The maximum Gasteiger partial charge on any atom is 0.101 e. The average molecular weight is 275 g/mol. The van der Waals surface area contributed by atoms with Crippen LogP contribution in [0.5, 0.6) is 0 Å². The molecule has 1 aromatic carbocycles. The molecule has 0 spiro atoms. The summed E-state index contributed by atoms with van der Waals surface area (Å²) in [6.45, 7) is 3.69. The minimum atomic E-state index is 0.589. The first-order valence-corrected chi connectivity index (χ1v) is 6.55. The van der Waals surface area contributed by atoms with E-state index < -0.39 is 0 Å². The summed E-state index contributed by atoms with van der Waals surface area (Å²) in [7, 11) is 0. The molecule has 0 aliphatic rings. The first-order chi connectivity index (χ1) is 9.24. The third-order valence-corrected chi connectivity index (χ3v) is 3.06. The van der Waals surface area contributed by atoms with Crippen molar-refractivity contribution in [3.05, 3.63) is 47.0 Å². The van der Waals surface area contributed by atoms with Gasteiger partial charge in [0.05, 0.1) is 29.8 Å². The van der Waals surface area contributed by atoms with Gasteiger partial charge in [0.2, 0.25) is 0 Å². The lowest BCUT2D eigenvalue weighted by Crippen LogP contribution is -2.07. The second-order valence-corrected chi connectivity index (χ2v) is 4.67. The number of rotatable bonds is 5. The molecule has 0 unspecified atom stereocenters. The molecule has 98 valence electrons. The topological polar surface area (TPSA) is 53.6 Å². The third-order valence-electron chi connectivity index (χ3n) is 2.83. The van der Waals surface area contributed by atoms with Crippen LogP contribution in [0, 0.1) is 11.3 Å². The van der Waals surface area contributed by atoms with E-state index >= 15 is 0 Å². The molecule has 0 atom stereocenters. The van der Waals surface area contributed by atoms with E-state index in [-0.39, 0.29) is 0 Å². The second-order valence-electron chi connectivity index (χ2n) is 4.23. The molecule has 0 amide bonds. The van der Waals surface area contributed by atoms with Crippen LogP contribution in [0.4, 0.5) is 5.69 Å². The Labute approximate surface area is 117 Å². The monoisotopic (exact) mass is 274 g/mol. The van der Waals surface area contributed by atoms with Crippen molar-refractivity contribution < 1.29 is 0 Å². The van der Waals surface area contributed by atoms with Gasteiger partial charge in [-0.2, -0.15) is 5.26 Å². The Morgan fingerprint density at radius 3 is 3.05 bits per heavy atom. The van der Waals surface area contributed by atoms with Gasteiger partial charge in [-0.1, -0.05) is 18.5 Å². The number of aryl methyl sites for hydroxylation is 1. The fourth-order valence-electron chi connectivity index (χ4n) is 1.88. The first kappa shape index (κ1) is 13.4. The number of benzene rings is 1. The van der Waals surface area contributed by atoms with Gasteiger partial charge in [0.1, 0.15) is 6.07 Å². The zero-order chi connectivity index (χ0) is 13.7. The third kappa shape index (κ3) is 3.27. The zero-order valence-electron chi connectivity index (χ0n) is 10.7. The number of nitriles is 1. The molecule has 0 aliphatic carbocycles. The molecule has 2 aromatic rings. The molecular formula is C14H15ClN4. The van der Waals surface area contributed by atoms with Gasteiger partial charge >= 0.3 is 0 Å². The average Bonchev–Trinajstić information content (AvgIpc) is 2.84. The summed E-state index contributed by atoms with van der Waals surface area (Å²) >= 11 is 5.95. The van der Waals surface area contributed by atoms with Gasteiger partial charge in [-0.05, 0) is 24.6 Å². The van der Waals surface area contributed by atoms with Gasteiger partial charge in [-0.25, -0.2) is 4.98 Å². The summed E-state index contributed by atoms with van der Waals surface area (Å²) in [6, 6.07) is 7.34. The number of aromatic nitrogens is 2. The highest BCUT2D eigenvalue weighted by Crippen LogP contribution is 2.21. The van der Waals surface area contributed by atoms with Crippen molar-refractivity contribution in [2.45, 2.75) is 26.4 Å². The van der Waals surface area contributed by atoms with Gasteiger partial charge < -0.3 is 9.88 Å². The van der Waals surface area contributed by atoms with Crippen molar-refractivity contribution >= 4 is 17.3 Å². The smallest absolute Gasteiger partial charge is 0.101 e. The lowest BCUT2D eigenvalue weighted by molar-refractivity contribution is 0.651. The van der Waals surface area contributed by atoms with Gasteiger partial charge in [-0.15, -0.1) is 0 Å². The molecule has 0 bridgehead atoms. The molecule has 0 saturated carbocycles. The fraction of sp³-hybridized carbons (Fsp3) is 0.286. The molecule has 1 heterocycles. The summed E-state index contributed by atoms with van der Waals surface area (Å²) in [4.78, 5) is 4.15. The van der Waals surface area contributed by atoms with Crippen LogP contribution in [0.25, 0.3) is 0 Å². The van der Waals surface area contributed by atoms with E-state index in [1.807, 2.05) is 12.5 Å². The van der Waals surface area contributed by atoms with Gasteiger partial charge in [0, 0.05) is 17.8 Å². The van der Waals surface area contributed by atoms with Crippen molar-refractivity contribution in [1.29, 1.82) is 5.26 Å². The minimum Gasteiger partial charge on any atom is -0.378 e. The van der Waals surface area contributed by atoms with Crippen LogP contribution in [0.1, 0.15) is 24.6 Å². The SMILES string of the molecule is CCCn1cncc1CNc1cc(Cl)ccc1C#N. The van der Waals surface area contributed by atoms with E-state index in [1.165, 1.54) is 0 Å². The Balaban J connectivity index is 2.12. The summed E-state index contributed by atoms with van der Waals surface area (Å²) < 4.78 is 2.10. The van der Waals surface area contributed by atoms with Crippen LogP contribution >= 0.6 is 11.6 Å². The van der Waals surface area contributed by atoms with E-state index in [1.54, 1.807) is 18.2 Å². The molecule has 1 aromatic heterocycles. The van der Waals surface area contributed by atoms with Crippen molar-refractivity contribution in [2.75, 3.05) is 5.32 Å². The van der Waals surface area contributed by atoms with Gasteiger partial charge in [0.25, 0.3) is 0 Å². The van der Waals surface area contributed by atoms with Crippen LogP contribution < -0.4 is 5.32 Å². The first-order valence-electron chi connectivity index (χ1n) is 6.17. The predicted octanol–water partition coefficient (Wildman–Crippen LogP) is 3.43. The summed E-state index contributed by atoms with van der Waals surface area (Å²) in [5.41, 5.74) is 2.43. The van der Waals surface area contributed by atoms with Crippen molar-refractivity contribution in [1.82, 2.24) is 9.55 Å². The Kier molecular flexibility index (Phi) is 4.43. The van der Waals surface area contributed by atoms with E-state index in [4.69, 9.17) is 16.9 Å². The van der Waals surface area contributed by atoms with E-state index in [0.29, 0.717) is 17.1 Å². The number of hydrogen-bond acceptors (Lipinski definition) is 3. The highest BCUT2D eigenvalue weighted by Gasteiger charge is 2.05. The maximum absolute atomic E-state index is 9.05. The van der Waals surface area contributed by atoms with E-state index in [9.17, 15) is 0 Å². The van der Waals surface area contributed by atoms with Crippen LogP contribution in [0.3, 0.4) is 0 Å². The number of halogens is 1. The lowest BCUT2D eigenvalue weighted by atomic mass is 10.2.